The average Bonchev–Trinajstić information content (AvgIpc) is 3.59. The highest BCUT2D eigenvalue weighted by atomic mass is 32.2. The summed E-state index contributed by atoms with van der Waals surface area (Å²) in [5.74, 6) is 0.745. The van der Waals surface area contributed by atoms with Crippen LogP contribution in [0.4, 0.5) is 18.9 Å². The molecule has 4 aromatic rings. The summed E-state index contributed by atoms with van der Waals surface area (Å²) in [6, 6.07) is 19.2. The Bertz CT molecular complexity index is 1670. The van der Waals surface area contributed by atoms with Crippen LogP contribution in [0.25, 0.3) is 17.1 Å². The fourth-order valence-electron chi connectivity index (χ4n) is 4.58. The highest BCUT2D eigenvalue weighted by Crippen LogP contribution is 2.34. The number of hydrogen-bond donors (Lipinski definition) is 0. The molecule has 7 nitrogen and oxygen atoms in total. The summed E-state index contributed by atoms with van der Waals surface area (Å²) < 4.78 is 42.6. The molecule has 0 spiro atoms. The Labute approximate surface area is 256 Å². The number of amides is 1. The van der Waals surface area contributed by atoms with Crippen LogP contribution < -0.4 is 9.64 Å². The van der Waals surface area contributed by atoms with E-state index in [2.05, 4.69) is 39.7 Å². The van der Waals surface area contributed by atoms with Crippen molar-refractivity contribution < 1.29 is 22.7 Å². The maximum Gasteiger partial charge on any atom is 0.573 e. The first-order valence-corrected chi connectivity index (χ1v) is 14.9. The molecule has 1 aromatic heterocycles. The van der Waals surface area contributed by atoms with E-state index >= 15 is 0 Å². The molecule has 1 amide bonds. The SMILES string of the molecule is Cc1ccc(N2C(=O)CSC2=NC(=S)CCc2ccc(-c3ncn(-c4ccc(OC(F)(F)F)cc4)n3)cc2)c(C(C)C)c1. The smallest absolute Gasteiger partial charge is 0.406 e. The Morgan fingerprint density at radius 3 is 2.49 bits per heavy atom. The van der Waals surface area contributed by atoms with Gasteiger partial charge < -0.3 is 4.74 Å². The van der Waals surface area contributed by atoms with Crippen molar-refractivity contribution in [2.75, 3.05) is 10.7 Å². The number of carbonyl (C=O) groups is 1. The van der Waals surface area contributed by atoms with Crippen LogP contribution in [-0.2, 0) is 11.2 Å². The molecular weight excluding hydrogens is 596 g/mol. The minimum absolute atomic E-state index is 0.00331. The minimum atomic E-state index is -4.75. The van der Waals surface area contributed by atoms with Crippen LogP contribution in [0.3, 0.4) is 0 Å². The van der Waals surface area contributed by atoms with Crippen LogP contribution >= 0.6 is 24.0 Å². The molecule has 0 saturated carbocycles. The zero-order valence-corrected chi connectivity index (χ0v) is 25.3. The molecule has 0 unspecified atom stereocenters. The third kappa shape index (κ3) is 7.49. The second-order valence-corrected chi connectivity index (χ2v) is 11.7. The number of anilines is 1. The molecule has 1 aliphatic heterocycles. The van der Waals surface area contributed by atoms with Crippen LogP contribution in [0.5, 0.6) is 5.75 Å². The van der Waals surface area contributed by atoms with Gasteiger partial charge in [0.05, 0.1) is 17.1 Å². The molecule has 0 bridgehead atoms. The highest BCUT2D eigenvalue weighted by molar-refractivity contribution is 8.15. The van der Waals surface area contributed by atoms with E-state index in [1.165, 1.54) is 47.0 Å². The van der Waals surface area contributed by atoms with Gasteiger partial charge in [-0.25, -0.2) is 14.7 Å². The predicted octanol–water partition coefficient (Wildman–Crippen LogP) is 7.66. The second-order valence-electron chi connectivity index (χ2n) is 10.3. The van der Waals surface area contributed by atoms with E-state index < -0.39 is 6.36 Å². The van der Waals surface area contributed by atoms with Gasteiger partial charge in [0.15, 0.2) is 11.0 Å². The second kappa shape index (κ2) is 12.7. The molecule has 3 aromatic carbocycles. The lowest BCUT2D eigenvalue weighted by molar-refractivity contribution is -0.274. The Kier molecular flexibility index (Phi) is 8.97. The van der Waals surface area contributed by atoms with Crippen molar-refractivity contribution in [2.24, 2.45) is 4.99 Å². The molecule has 222 valence electrons. The first kappa shape index (κ1) is 30.4. The van der Waals surface area contributed by atoms with Crippen molar-refractivity contribution in [3.05, 3.63) is 89.7 Å². The average molecular weight is 624 g/mol. The van der Waals surface area contributed by atoms with Gasteiger partial charge in [0.1, 0.15) is 17.1 Å². The largest absolute Gasteiger partial charge is 0.573 e. The molecule has 12 heteroatoms. The Morgan fingerprint density at radius 1 is 1.09 bits per heavy atom. The number of aryl methyl sites for hydroxylation is 2. The molecule has 0 aliphatic carbocycles. The molecule has 5 rings (SSSR count). The van der Waals surface area contributed by atoms with Crippen molar-refractivity contribution in [3.8, 4) is 22.8 Å². The van der Waals surface area contributed by atoms with Crippen LogP contribution in [0.1, 0.15) is 42.9 Å². The molecule has 0 atom stereocenters. The number of hydrogen-bond acceptors (Lipinski definition) is 6. The van der Waals surface area contributed by atoms with E-state index in [-0.39, 0.29) is 17.6 Å². The van der Waals surface area contributed by atoms with Crippen molar-refractivity contribution in [2.45, 2.75) is 45.9 Å². The number of thioether (sulfide) groups is 1. The third-order valence-electron chi connectivity index (χ3n) is 6.70. The van der Waals surface area contributed by atoms with Crippen molar-refractivity contribution in [3.63, 3.8) is 0 Å². The van der Waals surface area contributed by atoms with E-state index in [4.69, 9.17) is 12.2 Å². The number of aromatic nitrogens is 3. The summed E-state index contributed by atoms with van der Waals surface area (Å²) in [5.41, 5.74) is 5.49. The summed E-state index contributed by atoms with van der Waals surface area (Å²) in [5, 5.41) is 5.06. The number of benzene rings is 3. The maximum absolute atomic E-state index is 12.8. The van der Waals surface area contributed by atoms with Crippen molar-refractivity contribution >= 4 is 45.7 Å². The summed E-state index contributed by atoms with van der Waals surface area (Å²) in [7, 11) is 0. The maximum atomic E-state index is 12.8. The summed E-state index contributed by atoms with van der Waals surface area (Å²) in [6.45, 7) is 6.26. The van der Waals surface area contributed by atoms with Crippen LogP contribution in [0.2, 0.25) is 0 Å². The van der Waals surface area contributed by atoms with Gasteiger partial charge in [0, 0.05) is 12.0 Å². The van der Waals surface area contributed by atoms with Gasteiger partial charge in [-0.2, -0.15) is 0 Å². The van der Waals surface area contributed by atoms with E-state index in [1.807, 2.05) is 43.3 Å². The molecule has 2 heterocycles. The summed E-state index contributed by atoms with van der Waals surface area (Å²) in [6.07, 6.45) is -2.03. The predicted molar refractivity (Wildman–Crippen MR) is 167 cm³/mol. The lowest BCUT2D eigenvalue weighted by Gasteiger charge is -2.22. The van der Waals surface area contributed by atoms with Gasteiger partial charge in [0.2, 0.25) is 5.91 Å². The summed E-state index contributed by atoms with van der Waals surface area (Å²) >= 11 is 7.00. The molecule has 1 saturated heterocycles. The fourth-order valence-corrected chi connectivity index (χ4v) is 5.71. The lowest BCUT2D eigenvalue weighted by atomic mass is 9.98. The Hall–Kier alpha value is -4.03. The van der Waals surface area contributed by atoms with Gasteiger partial charge in [-0.3, -0.25) is 9.69 Å². The van der Waals surface area contributed by atoms with E-state index in [0.29, 0.717) is 40.3 Å². The van der Waals surface area contributed by atoms with Crippen LogP contribution in [0, 0.1) is 6.92 Å². The first-order chi connectivity index (χ1) is 20.5. The number of aliphatic imine (C=N–C) groups is 1. The van der Waals surface area contributed by atoms with Gasteiger partial charge in [-0.1, -0.05) is 79.8 Å². The number of halogens is 3. The van der Waals surface area contributed by atoms with Crippen molar-refractivity contribution in [1.29, 1.82) is 0 Å². The fraction of sp³-hybridized carbons (Fsp3) is 0.258. The van der Waals surface area contributed by atoms with Gasteiger partial charge in [-0.05, 0) is 60.7 Å². The number of ether oxygens (including phenoxy) is 1. The standard InChI is InChI=1S/C31H28F3N5O2S2/c1-19(2)25-16-20(3)4-14-26(25)39-28(40)17-43-30(39)36-27(42)15-7-21-5-8-22(9-6-21)29-35-18-38(37-29)23-10-12-24(13-11-23)41-31(32,33)34/h4-6,8-14,16,18-19H,7,15,17H2,1-3H3. The molecule has 1 aliphatic rings. The topological polar surface area (TPSA) is 72.6 Å². The number of rotatable bonds is 8. The van der Waals surface area contributed by atoms with E-state index in [1.54, 1.807) is 4.90 Å². The summed E-state index contributed by atoms with van der Waals surface area (Å²) in [4.78, 5) is 24.0. The number of carbonyl (C=O) groups excluding carboxylic acids is 1. The lowest BCUT2D eigenvalue weighted by Crippen LogP contribution is -2.31. The zero-order valence-electron chi connectivity index (χ0n) is 23.6. The Balaban J connectivity index is 1.22. The molecule has 0 N–H and O–H groups in total. The van der Waals surface area contributed by atoms with Gasteiger partial charge >= 0.3 is 6.36 Å². The zero-order chi connectivity index (χ0) is 30.7. The molecular formula is C31H28F3N5O2S2. The quantitative estimate of drug-likeness (QED) is 0.188. The number of nitrogens with zero attached hydrogens (tertiary/aromatic N) is 5. The number of alkyl halides is 3. The molecule has 0 radical (unpaired) electrons. The molecule has 1 fully saturated rings. The third-order valence-corrected chi connectivity index (χ3v) is 7.92. The Morgan fingerprint density at radius 2 is 1.81 bits per heavy atom. The highest BCUT2D eigenvalue weighted by Gasteiger charge is 2.32. The van der Waals surface area contributed by atoms with Gasteiger partial charge in [0.25, 0.3) is 0 Å². The molecule has 43 heavy (non-hydrogen) atoms. The van der Waals surface area contributed by atoms with Crippen molar-refractivity contribution in [1.82, 2.24) is 14.8 Å². The normalized spacial score (nSPS) is 14.6. The van der Waals surface area contributed by atoms with Gasteiger partial charge in [-0.15, -0.1) is 18.3 Å². The minimum Gasteiger partial charge on any atom is -0.406 e. The first-order valence-electron chi connectivity index (χ1n) is 13.5. The number of thiocarbonyl (C=S) groups is 1. The van der Waals surface area contributed by atoms with Crippen LogP contribution in [0.15, 0.2) is 78.0 Å². The van der Waals surface area contributed by atoms with Crippen LogP contribution in [-0.4, -0.2) is 42.9 Å². The van der Waals surface area contributed by atoms with E-state index in [0.717, 1.165) is 27.9 Å². The van der Waals surface area contributed by atoms with E-state index in [9.17, 15) is 18.0 Å². The monoisotopic (exact) mass is 623 g/mol. The number of amidine groups is 1.